The van der Waals surface area contributed by atoms with E-state index in [0.29, 0.717) is 25.3 Å². The summed E-state index contributed by atoms with van der Waals surface area (Å²) in [5, 5.41) is 4.71. The number of rotatable bonds is 3. The summed E-state index contributed by atoms with van der Waals surface area (Å²) in [6, 6.07) is 7.17. The van der Waals surface area contributed by atoms with Crippen LogP contribution in [0.3, 0.4) is 0 Å². The molecule has 0 bridgehead atoms. The molecule has 8 heteroatoms. The Morgan fingerprint density at radius 1 is 1.27 bits per heavy atom. The number of pyridine rings is 1. The molecule has 1 atom stereocenters. The van der Waals surface area contributed by atoms with E-state index in [1.807, 2.05) is 34.7 Å². The first kappa shape index (κ1) is 17.1. The van der Waals surface area contributed by atoms with E-state index in [-0.39, 0.29) is 17.8 Å². The minimum absolute atomic E-state index is 0.0392. The van der Waals surface area contributed by atoms with Gasteiger partial charge in [-0.2, -0.15) is 0 Å². The molecule has 26 heavy (non-hydrogen) atoms. The van der Waals surface area contributed by atoms with Crippen LogP contribution in [0.2, 0.25) is 0 Å². The molecule has 0 N–H and O–H groups in total. The fourth-order valence-corrected chi connectivity index (χ4v) is 4.68. The summed E-state index contributed by atoms with van der Waals surface area (Å²) >= 11 is 3.11. The van der Waals surface area contributed by atoms with E-state index in [2.05, 4.69) is 14.9 Å². The Morgan fingerprint density at radius 3 is 2.85 bits per heavy atom. The van der Waals surface area contributed by atoms with Gasteiger partial charge in [0.25, 0.3) is 5.91 Å². The number of halogens is 1. The predicted molar refractivity (Wildman–Crippen MR) is 102 cm³/mol. The van der Waals surface area contributed by atoms with Crippen LogP contribution in [0.5, 0.6) is 0 Å². The summed E-state index contributed by atoms with van der Waals surface area (Å²) in [7, 11) is 0. The maximum atomic E-state index is 13.1. The average Bonchev–Trinajstić information content (AvgIpc) is 3.33. The maximum absolute atomic E-state index is 13.1. The molecule has 4 rings (SSSR count). The standard InChI is InChI=1S/C18H17FN4OS2/c1-12-10-22(6-7-23(12)16-5-4-13(19)9-20-16)18(24)14-11-26-17(21-14)15-3-2-8-25-15/h2-5,8-9,11-12H,6-7,10H2,1H3. The number of amides is 1. The summed E-state index contributed by atoms with van der Waals surface area (Å²) in [5.74, 6) is 0.350. The second kappa shape index (κ2) is 7.13. The monoisotopic (exact) mass is 388 g/mol. The predicted octanol–water partition coefficient (Wildman–Crippen LogP) is 3.76. The van der Waals surface area contributed by atoms with Gasteiger partial charge >= 0.3 is 0 Å². The lowest BCUT2D eigenvalue weighted by molar-refractivity contribution is 0.0721. The number of thiazole rings is 1. The molecular weight excluding hydrogens is 371 g/mol. The molecule has 3 aromatic rings. The highest BCUT2D eigenvalue weighted by Gasteiger charge is 2.29. The summed E-state index contributed by atoms with van der Waals surface area (Å²) in [4.78, 5) is 26.5. The van der Waals surface area contributed by atoms with E-state index in [1.165, 1.54) is 23.6 Å². The molecule has 3 aromatic heterocycles. The van der Waals surface area contributed by atoms with Crippen molar-refractivity contribution in [3.8, 4) is 9.88 Å². The molecule has 0 aliphatic carbocycles. The van der Waals surface area contributed by atoms with E-state index in [9.17, 15) is 9.18 Å². The van der Waals surface area contributed by atoms with Crippen molar-refractivity contribution < 1.29 is 9.18 Å². The van der Waals surface area contributed by atoms with Gasteiger partial charge in [-0.3, -0.25) is 4.79 Å². The Morgan fingerprint density at radius 2 is 2.15 bits per heavy atom. The molecule has 1 saturated heterocycles. The molecule has 0 spiro atoms. The van der Waals surface area contributed by atoms with Crippen LogP contribution in [0.15, 0.2) is 41.2 Å². The lowest BCUT2D eigenvalue weighted by Crippen LogP contribution is -2.54. The second-order valence-electron chi connectivity index (χ2n) is 6.14. The smallest absolute Gasteiger partial charge is 0.273 e. The quantitative estimate of drug-likeness (QED) is 0.686. The van der Waals surface area contributed by atoms with Gasteiger partial charge in [0.1, 0.15) is 22.3 Å². The fraction of sp³-hybridized carbons (Fsp3) is 0.278. The van der Waals surface area contributed by atoms with Crippen LogP contribution in [0.1, 0.15) is 17.4 Å². The molecule has 0 aromatic carbocycles. The highest BCUT2D eigenvalue weighted by Crippen LogP contribution is 2.28. The van der Waals surface area contributed by atoms with Crippen molar-refractivity contribution in [2.45, 2.75) is 13.0 Å². The van der Waals surface area contributed by atoms with Crippen LogP contribution in [0.4, 0.5) is 10.2 Å². The summed E-state index contributed by atoms with van der Waals surface area (Å²) in [6.45, 7) is 3.88. The van der Waals surface area contributed by atoms with Crippen LogP contribution in [0, 0.1) is 5.82 Å². The van der Waals surface area contributed by atoms with Crippen LogP contribution in [-0.2, 0) is 0 Å². The van der Waals surface area contributed by atoms with E-state index >= 15 is 0 Å². The minimum atomic E-state index is -0.347. The van der Waals surface area contributed by atoms with Gasteiger partial charge in [0.15, 0.2) is 0 Å². The lowest BCUT2D eigenvalue weighted by atomic mass is 10.1. The number of hydrogen-bond donors (Lipinski definition) is 0. The topological polar surface area (TPSA) is 49.3 Å². The highest BCUT2D eigenvalue weighted by molar-refractivity contribution is 7.20. The van der Waals surface area contributed by atoms with E-state index in [1.54, 1.807) is 17.4 Å². The zero-order valence-electron chi connectivity index (χ0n) is 14.1. The lowest BCUT2D eigenvalue weighted by Gasteiger charge is -2.40. The minimum Gasteiger partial charge on any atom is -0.350 e. The first-order valence-electron chi connectivity index (χ1n) is 8.28. The molecular formula is C18H17FN4OS2. The maximum Gasteiger partial charge on any atom is 0.273 e. The number of piperazine rings is 1. The van der Waals surface area contributed by atoms with Gasteiger partial charge in [0.2, 0.25) is 0 Å². The normalized spacial score (nSPS) is 17.5. The number of anilines is 1. The molecule has 1 amide bonds. The van der Waals surface area contributed by atoms with Gasteiger partial charge in [-0.1, -0.05) is 6.07 Å². The van der Waals surface area contributed by atoms with Gasteiger partial charge in [-0.25, -0.2) is 14.4 Å². The second-order valence-corrected chi connectivity index (χ2v) is 7.95. The van der Waals surface area contributed by atoms with Gasteiger partial charge in [-0.15, -0.1) is 22.7 Å². The number of aromatic nitrogens is 2. The van der Waals surface area contributed by atoms with Crippen molar-refractivity contribution in [1.82, 2.24) is 14.9 Å². The van der Waals surface area contributed by atoms with Crippen molar-refractivity contribution in [3.05, 3.63) is 52.7 Å². The summed E-state index contributed by atoms with van der Waals surface area (Å²) in [6.07, 6.45) is 1.22. The van der Waals surface area contributed by atoms with Gasteiger partial charge in [0.05, 0.1) is 11.1 Å². The van der Waals surface area contributed by atoms with Gasteiger partial charge < -0.3 is 9.80 Å². The average molecular weight is 388 g/mol. The Labute approximate surface area is 158 Å². The van der Waals surface area contributed by atoms with Gasteiger partial charge in [-0.05, 0) is 30.5 Å². The summed E-state index contributed by atoms with van der Waals surface area (Å²) < 4.78 is 13.1. The largest absolute Gasteiger partial charge is 0.350 e. The number of carbonyl (C=O) groups is 1. The first-order valence-corrected chi connectivity index (χ1v) is 10.0. The third kappa shape index (κ3) is 3.34. The Bertz CT molecular complexity index is 894. The summed E-state index contributed by atoms with van der Waals surface area (Å²) in [5.41, 5.74) is 0.499. The number of thiophene rings is 1. The van der Waals surface area contributed by atoms with E-state index in [0.717, 1.165) is 15.7 Å². The SMILES string of the molecule is CC1CN(C(=O)c2csc(-c3cccs3)n2)CCN1c1ccc(F)cn1. The fourth-order valence-electron chi connectivity index (χ4n) is 3.07. The first-order chi connectivity index (χ1) is 12.6. The highest BCUT2D eigenvalue weighted by atomic mass is 32.1. The molecule has 4 heterocycles. The molecule has 1 unspecified atom stereocenters. The molecule has 1 aliphatic heterocycles. The molecule has 5 nitrogen and oxygen atoms in total. The molecule has 1 aliphatic rings. The van der Waals surface area contributed by atoms with Crippen molar-refractivity contribution >= 4 is 34.4 Å². The van der Waals surface area contributed by atoms with Crippen LogP contribution < -0.4 is 4.90 Å². The van der Waals surface area contributed by atoms with Crippen molar-refractivity contribution in [1.29, 1.82) is 0 Å². The molecule has 0 radical (unpaired) electrons. The van der Waals surface area contributed by atoms with Crippen LogP contribution >= 0.6 is 22.7 Å². The number of nitrogens with zero attached hydrogens (tertiary/aromatic N) is 4. The zero-order chi connectivity index (χ0) is 18.1. The number of hydrogen-bond acceptors (Lipinski definition) is 6. The van der Waals surface area contributed by atoms with Crippen molar-refractivity contribution in [3.63, 3.8) is 0 Å². The Kier molecular flexibility index (Phi) is 4.69. The van der Waals surface area contributed by atoms with Crippen LogP contribution in [-0.4, -0.2) is 46.5 Å². The van der Waals surface area contributed by atoms with Crippen molar-refractivity contribution in [2.75, 3.05) is 24.5 Å². The van der Waals surface area contributed by atoms with Gasteiger partial charge in [0, 0.05) is 31.1 Å². The Hall–Kier alpha value is -2.32. The third-order valence-electron chi connectivity index (χ3n) is 4.38. The van der Waals surface area contributed by atoms with Crippen LogP contribution in [0.25, 0.3) is 9.88 Å². The molecule has 0 saturated carbocycles. The molecule has 1 fully saturated rings. The molecule has 134 valence electrons. The zero-order valence-corrected chi connectivity index (χ0v) is 15.8. The van der Waals surface area contributed by atoms with E-state index < -0.39 is 0 Å². The Balaban J connectivity index is 1.45. The number of carbonyl (C=O) groups excluding carboxylic acids is 1. The third-order valence-corrected chi connectivity index (χ3v) is 6.26. The van der Waals surface area contributed by atoms with E-state index in [4.69, 9.17) is 0 Å². The van der Waals surface area contributed by atoms with Crippen molar-refractivity contribution in [2.24, 2.45) is 0 Å².